The number of ether oxygens (including phenoxy) is 2. The van der Waals surface area contributed by atoms with E-state index in [0.717, 1.165) is 6.42 Å². The Morgan fingerprint density at radius 3 is 2.62 bits per heavy atom. The molecular weight excluding hydrogens is 290 g/mol. The van der Waals surface area contributed by atoms with Crippen LogP contribution >= 0.6 is 12.4 Å². The van der Waals surface area contributed by atoms with Crippen LogP contribution in [0.1, 0.15) is 15.9 Å². The second kappa shape index (κ2) is 6.99. The maximum absolute atomic E-state index is 12.0. The molecule has 2 aromatic rings. The Morgan fingerprint density at radius 1 is 1.05 bits per heavy atom. The predicted octanol–water partition coefficient (Wildman–Crippen LogP) is 2.81. The summed E-state index contributed by atoms with van der Waals surface area (Å²) in [6.45, 7) is 0.825. The fourth-order valence-corrected chi connectivity index (χ4v) is 2.10. The Hall–Kier alpha value is -2.20. The number of benzene rings is 2. The quantitative estimate of drug-likeness (QED) is 0.945. The molecule has 4 nitrogen and oxygen atoms in total. The first-order chi connectivity index (χ1) is 9.83. The maximum Gasteiger partial charge on any atom is 0.251 e. The van der Waals surface area contributed by atoms with E-state index in [4.69, 9.17) is 9.47 Å². The molecule has 0 aliphatic carbocycles. The Morgan fingerprint density at radius 2 is 1.81 bits per heavy atom. The third-order valence-corrected chi connectivity index (χ3v) is 3.18. The van der Waals surface area contributed by atoms with Crippen molar-refractivity contribution in [3.05, 3.63) is 59.7 Å². The van der Waals surface area contributed by atoms with Crippen LogP contribution in [0, 0.1) is 0 Å². The summed E-state index contributed by atoms with van der Waals surface area (Å²) in [6.07, 6.45) is 0.817. The van der Waals surface area contributed by atoms with Gasteiger partial charge in [0.05, 0.1) is 0 Å². The minimum absolute atomic E-state index is 0. The van der Waals surface area contributed by atoms with E-state index >= 15 is 0 Å². The van der Waals surface area contributed by atoms with Crippen LogP contribution in [0.15, 0.2) is 48.5 Å². The molecule has 0 fully saturated rings. The molecule has 1 heterocycles. The van der Waals surface area contributed by atoms with E-state index in [1.807, 2.05) is 30.3 Å². The van der Waals surface area contributed by atoms with Crippen molar-refractivity contribution in [3.8, 4) is 11.5 Å². The van der Waals surface area contributed by atoms with Crippen LogP contribution < -0.4 is 14.8 Å². The van der Waals surface area contributed by atoms with Crippen LogP contribution in [-0.4, -0.2) is 19.2 Å². The lowest BCUT2D eigenvalue weighted by Crippen LogP contribution is -2.25. The van der Waals surface area contributed by atoms with Crippen molar-refractivity contribution in [1.82, 2.24) is 5.32 Å². The molecule has 0 saturated heterocycles. The lowest BCUT2D eigenvalue weighted by atomic mass is 10.1. The second-order valence-electron chi connectivity index (χ2n) is 4.56. The Balaban J connectivity index is 0.00000161. The van der Waals surface area contributed by atoms with E-state index in [1.165, 1.54) is 5.56 Å². The van der Waals surface area contributed by atoms with Gasteiger partial charge in [0.25, 0.3) is 5.91 Å². The topological polar surface area (TPSA) is 47.6 Å². The molecule has 110 valence electrons. The van der Waals surface area contributed by atoms with Crippen molar-refractivity contribution >= 4 is 18.3 Å². The van der Waals surface area contributed by atoms with Crippen LogP contribution in [-0.2, 0) is 6.42 Å². The van der Waals surface area contributed by atoms with Gasteiger partial charge in [-0.25, -0.2) is 0 Å². The average Bonchev–Trinajstić information content (AvgIpc) is 2.95. The highest BCUT2D eigenvalue weighted by Gasteiger charge is 2.15. The van der Waals surface area contributed by atoms with Crippen molar-refractivity contribution < 1.29 is 14.3 Å². The summed E-state index contributed by atoms with van der Waals surface area (Å²) < 4.78 is 10.5. The Bertz CT molecular complexity index is 616. The van der Waals surface area contributed by atoms with Gasteiger partial charge in [0, 0.05) is 12.1 Å². The number of amides is 1. The zero-order chi connectivity index (χ0) is 13.8. The molecule has 2 aromatic carbocycles. The van der Waals surface area contributed by atoms with Crippen LogP contribution in [0.2, 0.25) is 0 Å². The van der Waals surface area contributed by atoms with E-state index in [-0.39, 0.29) is 25.1 Å². The van der Waals surface area contributed by atoms with Crippen molar-refractivity contribution in [3.63, 3.8) is 0 Å². The van der Waals surface area contributed by atoms with Crippen molar-refractivity contribution in [2.45, 2.75) is 6.42 Å². The zero-order valence-electron chi connectivity index (χ0n) is 11.4. The molecule has 0 bridgehead atoms. The van der Waals surface area contributed by atoms with Crippen LogP contribution in [0.3, 0.4) is 0 Å². The Kier molecular flexibility index (Phi) is 5.06. The summed E-state index contributed by atoms with van der Waals surface area (Å²) in [5.74, 6) is 1.21. The van der Waals surface area contributed by atoms with Crippen molar-refractivity contribution in [2.75, 3.05) is 13.3 Å². The SMILES string of the molecule is Cl.O=C(NCCc1ccccc1)c1ccc2c(c1)OCO2. The molecule has 0 aromatic heterocycles. The van der Waals surface area contributed by atoms with Gasteiger partial charge in [-0.15, -0.1) is 12.4 Å². The van der Waals surface area contributed by atoms with E-state index in [9.17, 15) is 4.79 Å². The number of carbonyl (C=O) groups is 1. The predicted molar refractivity (Wildman–Crippen MR) is 82.3 cm³/mol. The van der Waals surface area contributed by atoms with Gasteiger partial charge in [-0.1, -0.05) is 30.3 Å². The van der Waals surface area contributed by atoms with Crippen molar-refractivity contribution in [2.24, 2.45) is 0 Å². The largest absolute Gasteiger partial charge is 0.454 e. The number of halogens is 1. The smallest absolute Gasteiger partial charge is 0.251 e. The highest BCUT2D eigenvalue weighted by molar-refractivity contribution is 5.94. The van der Waals surface area contributed by atoms with Gasteiger partial charge in [-0.05, 0) is 30.2 Å². The fraction of sp³-hybridized carbons (Fsp3) is 0.188. The molecule has 1 aliphatic heterocycles. The van der Waals surface area contributed by atoms with Gasteiger partial charge in [0.1, 0.15) is 0 Å². The van der Waals surface area contributed by atoms with Crippen LogP contribution in [0.5, 0.6) is 11.5 Å². The van der Waals surface area contributed by atoms with E-state index in [1.54, 1.807) is 18.2 Å². The fourth-order valence-electron chi connectivity index (χ4n) is 2.10. The molecule has 0 saturated carbocycles. The van der Waals surface area contributed by atoms with Crippen molar-refractivity contribution in [1.29, 1.82) is 0 Å². The standard InChI is InChI=1S/C16H15NO3.ClH/c18-16(17-9-8-12-4-2-1-3-5-12)13-6-7-14-15(10-13)20-11-19-14;/h1-7,10H,8-9,11H2,(H,17,18);1H. The zero-order valence-corrected chi connectivity index (χ0v) is 12.2. The minimum Gasteiger partial charge on any atom is -0.454 e. The van der Waals surface area contributed by atoms with Crippen LogP contribution in [0.4, 0.5) is 0 Å². The number of nitrogens with one attached hydrogen (secondary N) is 1. The van der Waals surface area contributed by atoms with Gasteiger partial charge in [0.15, 0.2) is 11.5 Å². The summed E-state index contributed by atoms with van der Waals surface area (Å²) in [4.78, 5) is 12.0. The first-order valence-electron chi connectivity index (χ1n) is 6.55. The van der Waals surface area contributed by atoms with Gasteiger partial charge >= 0.3 is 0 Å². The maximum atomic E-state index is 12.0. The lowest BCUT2D eigenvalue weighted by Gasteiger charge is -2.06. The summed E-state index contributed by atoms with van der Waals surface area (Å²) in [5.41, 5.74) is 1.79. The average molecular weight is 306 g/mol. The van der Waals surface area contributed by atoms with E-state index in [2.05, 4.69) is 5.32 Å². The lowest BCUT2D eigenvalue weighted by molar-refractivity contribution is 0.0953. The number of hydrogen-bond donors (Lipinski definition) is 1. The molecule has 21 heavy (non-hydrogen) atoms. The molecule has 1 aliphatic rings. The van der Waals surface area contributed by atoms with E-state index < -0.39 is 0 Å². The summed E-state index contributed by atoms with van der Waals surface area (Å²) >= 11 is 0. The highest BCUT2D eigenvalue weighted by atomic mass is 35.5. The monoisotopic (exact) mass is 305 g/mol. The molecule has 0 unspecified atom stereocenters. The highest BCUT2D eigenvalue weighted by Crippen LogP contribution is 2.32. The third-order valence-electron chi connectivity index (χ3n) is 3.18. The van der Waals surface area contributed by atoms with Gasteiger partial charge in [0.2, 0.25) is 6.79 Å². The Labute approximate surface area is 129 Å². The van der Waals surface area contributed by atoms with Gasteiger partial charge < -0.3 is 14.8 Å². The number of carbonyl (C=O) groups excluding carboxylic acids is 1. The molecule has 1 N–H and O–H groups in total. The second-order valence-corrected chi connectivity index (χ2v) is 4.56. The van der Waals surface area contributed by atoms with E-state index in [0.29, 0.717) is 23.6 Å². The summed E-state index contributed by atoms with van der Waals surface area (Å²) in [7, 11) is 0. The third kappa shape index (κ3) is 3.67. The minimum atomic E-state index is -0.0979. The molecule has 5 heteroatoms. The number of rotatable bonds is 4. The molecular formula is C16H16ClNO3. The molecule has 0 atom stereocenters. The number of fused-ring (bicyclic) bond motifs is 1. The first-order valence-corrected chi connectivity index (χ1v) is 6.55. The molecule has 3 rings (SSSR count). The number of hydrogen-bond acceptors (Lipinski definition) is 3. The molecule has 0 spiro atoms. The molecule has 0 radical (unpaired) electrons. The van der Waals surface area contributed by atoms with Crippen LogP contribution in [0.25, 0.3) is 0 Å². The summed E-state index contributed by atoms with van der Waals surface area (Å²) in [6, 6.07) is 15.3. The summed E-state index contributed by atoms with van der Waals surface area (Å²) in [5, 5.41) is 2.90. The van der Waals surface area contributed by atoms with Gasteiger partial charge in [-0.3, -0.25) is 4.79 Å². The molecule has 1 amide bonds. The van der Waals surface area contributed by atoms with Gasteiger partial charge in [-0.2, -0.15) is 0 Å². The normalized spacial score (nSPS) is 11.6. The first kappa shape index (κ1) is 15.2.